The maximum absolute atomic E-state index is 13.8. The molecule has 2 amide bonds. The molecular weight excluding hydrogens is 478 g/mol. The topological polar surface area (TPSA) is 91.8 Å². The van der Waals surface area contributed by atoms with E-state index in [0.717, 1.165) is 32.1 Å². The predicted molar refractivity (Wildman–Crippen MR) is 144 cm³/mol. The molecule has 1 aliphatic heterocycles. The summed E-state index contributed by atoms with van der Waals surface area (Å²) in [5.41, 5.74) is -0.385. The first kappa shape index (κ1) is 28.0. The van der Waals surface area contributed by atoms with Gasteiger partial charge in [0, 0.05) is 42.7 Å². The van der Waals surface area contributed by atoms with Crippen molar-refractivity contribution in [3.05, 3.63) is 0 Å². The van der Waals surface area contributed by atoms with Crippen LogP contribution in [0, 0.1) is 76.4 Å². The number of carbonyl (C=O) groups is 4. The van der Waals surface area contributed by atoms with Crippen molar-refractivity contribution in [3.8, 4) is 0 Å². The monoisotopic (exact) mass is 527 g/mol. The van der Waals surface area contributed by atoms with Crippen LogP contribution in [0.15, 0.2) is 0 Å². The average molecular weight is 528 g/mol. The van der Waals surface area contributed by atoms with E-state index in [2.05, 4.69) is 6.92 Å². The second-order valence-electron chi connectivity index (χ2n) is 14.6. The highest BCUT2D eigenvalue weighted by Crippen LogP contribution is 2.68. The third-order valence-electron chi connectivity index (χ3n) is 11.7. The van der Waals surface area contributed by atoms with Crippen LogP contribution >= 0.6 is 0 Å². The average Bonchev–Trinajstić information content (AvgIpc) is 3.66. The Hall–Kier alpha value is -1.56. The van der Waals surface area contributed by atoms with Crippen LogP contribution in [0.4, 0.5) is 0 Å². The van der Waals surface area contributed by atoms with E-state index in [1.807, 2.05) is 34.6 Å². The fourth-order valence-electron chi connectivity index (χ4n) is 10.4. The molecule has 0 spiro atoms. The lowest BCUT2D eigenvalue weighted by Crippen LogP contribution is -2.47. The van der Waals surface area contributed by atoms with Gasteiger partial charge in [-0.2, -0.15) is 0 Å². The summed E-state index contributed by atoms with van der Waals surface area (Å²) in [6.07, 6.45) is 5.61. The van der Waals surface area contributed by atoms with Gasteiger partial charge in [-0.3, -0.25) is 24.1 Å². The number of rotatable bonds is 9. The van der Waals surface area contributed by atoms with Crippen LogP contribution < -0.4 is 0 Å². The number of amides is 2. The van der Waals surface area contributed by atoms with Crippen molar-refractivity contribution in [1.82, 2.24) is 4.90 Å². The second-order valence-corrected chi connectivity index (χ2v) is 14.6. The highest BCUT2D eigenvalue weighted by Gasteiger charge is 2.66. The molecule has 0 radical (unpaired) electrons. The minimum atomic E-state index is -0.385. The highest BCUT2D eigenvalue weighted by atomic mass is 16.3. The molecule has 0 aromatic rings. The van der Waals surface area contributed by atoms with Gasteiger partial charge in [-0.15, -0.1) is 0 Å². The number of nitrogens with zero attached hydrogens (tertiary/aromatic N) is 1. The van der Waals surface area contributed by atoms with Crippen molar-refractivity contribution in [2.75, 3.05) is 13.2 Å². The van der Waals surface area contributed by atoms with E-state index in [1.54, 1.807) is 0 Å². The quantitative estimate of drug-likeness (QED) is 0.436. The molecule has 6 nitrogen and oxygen atoms in total. The van der Waals surface area contributed by atoms with Crippen LogP contribution in [0.5, 0.6) is 0 Å². The van der Waals surface area contributed by atoms with Gasteiger partial charge in [-0.1, -0.05) is 41.5 Å². The van der Waals surface area contributed by atoms with Gasteiger partial charge in [-0.05, 0) is 85.9 Å². The smallest absolute Gasteiger partial charge is 0.233 e. The summed E-state index contributed by atoms with van der Waals surface area (Å²) >= 11 is 0. The molecule has 1 N–H and O–H groups in total. The number of aliphatic hydroxyl groups excluding tert-OH is 1. The number of carbonyl (C=O) groups excluding carboxylic acids is 4. The first-order valence-corrected chi connectivity index (χ1v) is 15.4. The summed E-state index contributed by atoms with van der Waals surface area (Å²) < 4.78 is 0. The van der Waals surface area contributed by atoms with Gasteiger partial charge in [0.25, 0.3) is 0 Å². The maximum Gasteiger partial charge on any atom is 0.233 e. The molecule has 212 valence electrons. The van der Waals surface area contributed by atoms with Crippen LogP contribution in [0.25, 0.3) is 0 Å². The number of hydrogen-bond donors (Lipinski definition) is 1. The summed E-state index contributed by atoms with van der Waals surface area (Å²) in [6.45, 7) is 12.9. The zero-order valence-electron chi connectivity index (χ0n) is 24.3. The standard InChI is InChI=1S/C32H49NO5/c1-7-10-33-30(37)17(3)26(31(33)38)27-19-14-22(23(15-19)29(36)32(4,5)6)28(27)25-16(2)20-12-18(25)13-21(20)24(35)9-8-11-34/h16-23,25-28,34H,7-15H2,1-6H3. The van der Waals surface area contributed by atoms with Crippen molar-refractivity contribution >= 4 is 23.4 Å². The number of hydrogen-bond acceptors (Lipinski definition) is 5. The minimum Gasteiger partial charge on any atom is -0.396 e. The van der Waals surface area contributed by atoms with Gasteiger partial charge in [0.2, 0.25) is 11.8 Å². The molecule has 5 fully saturated rings. The number of imide groups is 1. The second kappa shape index (κ2) is 10.1. The number of Topliss-reactive ketones (excluding diaryl/α,β-unsaturated/α-hetero) is 2. The molecule has 38 heavy (non-hydrogen) atoms. The van der Waals surface area contributed by atoms with Crippen molar-refractivity contribution in [2.45, 2.75) is 86.5 Å². The lowest BCUT2D eigenvalue weighted by atomic mass is 9.56. The molecular formula is C32H49NO5. The number of likely N-dealkylation sites (tertiary alicyclic amines) is 1. The normalized spacial score (nSPS) is 44.0. The Bertz CT molecular complexity index is 981. The largest absolute Gasteiger partial charge is 0.396 e. The number of aliphatic hydroxyl groups is 1. The summed E-state index contributed by atoms with van der Waals surface area (Å²) in [4.78, 5) is 55.1. The predicted octanol–water partition coefficient (Wildman–Crippen LogP) is 4.77. The van der Waals surface area contributed by atoms with Gasteiger partial charge < -0.3 is 5.11 Å². The molecule has 5 aliphatic rings. The Morgan fingerprint density at radius 1 is 0.895 bits per heavy atom. The lowest BCUT2D eigenvalue weighted by molar-refractivity contribution is -0.141. The summed E-state index contributed by atoms with van der Waals surface area (Å²) in [5.74, 6) is 2.89. The Morgan fingerprint density at radius 3 is 2.13 bits per heavy atom. The molecule has 6 heteroatoms. The summed E-state index contributed by atoms with van der Waals surface area (Å²) in [6, 6.07) is 0. The van der Waals surface area contributed by atoms with Gasteiger partial charge in [0.15, 0.2) is 0 Å². The third-order valence-corrected chi connectivity index (χ3v) is 11.7. The first-order chi connectivity index (χ1) is 17.9. The molecule has 4 saturated carbocycles. The molecule has 0 aromatic carbocycles. The van der Waals surface area contributed by atoms with Crippen molar-refractivity contribution in [1.29, 1.82) is 0 Å². The van der Waals surface area contributed by atoms with Crippen LogP contribution in [-0.2, 0) is 19.2 Å². The summed E-state index contributed by atoms with van der Waals surface area (Å²) in [7, 11) is 0. The van der Waals surface area contributed by atoms with E-state index in [1.165, 1.54) is 4.90 Å². The van der Waals surface area contributed by atoms with Gasteiger partial charge >= 0.3 is 0 Å². The van der Waals surface area contributed by atoms with E-state index < -0.39 is 0 Å². The van der Waals surface area contributed by atoms with Gasteiger partial charge in [0.05, 0.1) is 5.92 Å². The zero-order valence-corrected chi connectivity index (χ0v) is 24.3. The zero-order chi connectivity index (χ0) is 27.7. The molecule has 4 bridgehead atoms. The Labute approximate surface area is 228 Å². The molecule has 4 aliphatic carbocycles. The van der Waals surface area contributed by atoms with E-state index in [4.69, 9.17) is 0 Å². The molecule has 12 unspecified atom stereocenters. The van der Waals surface area contributed by atoms with Crippen molar-refractivity contribution < 1.29 is 24.3 Å². The highest BCUT2D eigenvalue weighted by molar-refractivity contribution is 6.05. The molecule has 1 heterocycles. The molecule has 1 saturated heterocycles. The van der Waals surface area contributed by atoms with E-state index in [9.17, 15) is 24.3 Å². The van der Waals surface area contributed by atoms with E-state index in [0.29, 0.717) is 60.5 Å². The minimum absolute atomic E-state index is 0.0128. The van der Waals surface area contributed by atoms with Crippen LogP contribution in [-0.4, -0.2) is 46.5 Å². The van der Waals surface area contributed by atoms with E-state index >= 15 is 0 Å². The summed E-state index contributed by atoms with van der Waals surface area (Å²) in [5, 5.41) is 9.23. The fourth-order valence-corrected chi connectivity index (χ4v) is 10.4. The van der Waals surface area contributed by atoms with Crippen LogP contribution in [0.2, 0.25) is 0 Å². The SMILES string of the molecule is CCCN1C(=O)C(C)C(C2C3CC(C(=O)C(C)(C)C)C(C3)C2C2C3CC(C(=O)CCCO)C(C3)C2C)C1=O. The van der Waals surface area contributed by atoms with Crippen LogP contribution in [0.1, 0.15) is 86.5 Å². The first-order valence-electron chi connectivity index (χ1n) is 15.4. The molecule has 5 rings (SSSR count). The Balaban J connectivity index is 1.46. The molecule has 0 aromatic heterocycles. The van der Waals surface area contributed by atoms with Crippen molar-refractivity contribution in [3.63, 3.8) is 0 Å². The maximum atomic E-state index is 13.8. The Kier molecular flexibility index (Phi) is 7.46. The number of fused-ring (bicyclic) bond motifs is 4. The van der Waals surface area contributed by atoms with Crippen LogP contribution in [0.3, 0.4) is 0 Å². The van der Waals surface area contributed by atoms with E-state index in [-0.39, 0.29) is 65.3 Å². The lowest BCUT2D eigenvalue weighted by Gasteiger charge is -2.47. The number of ketones is 2. The fraction of sp³-hybridized carbons (Fsp3) is 0.875. The van der Waals surface area contributed by atoms with Gasteiger partial charge in [-0.25, -0.2) is 0 Å². The van der Waals surface area contributed by atoms with Gasteiger partial charge in [0.1, 0.15) is 11.6 Å². The molecule has 12 atom stereocenters. The van der Waals surface area contributed by atoms with Crippen molar-refractivity contribution in [2.24, 2.45) is 76.4 Å². The third kappa shape index (κ3) is 4.23. The Morgan fingerprint density at radius 2 is 1.53 bits per heavy atom.